The van der Waals surface area contributed by atoms with Crippen LogP contribution in [-0.4, -0.2) is 10.1 Å². The standard InChI is InChI=1S/C16H15NOS/c1-10-3-4-13(11(2)7-10)16(18)12-8-15-14(17-9-12)5-6-19-15/h3-9,16,18H,1-2H3. The van der Waals surface area contributed by atoms with Gasteiger partial charge in [-0.2, -0.15) is 0 Å². The molecule has 96 valence electrons. The number of pyridine rings is 1. The maximum absolute atomic E-state index is 10.5. The Kier molecular flexibility index (Phi) is 3.09. The Labute approximate surface area is 116 Å². The number of nitrogens with zero attached hydrogens (tertiary/aromatic N) is 1. The van der Waals surface area contributed by atoms with E-state index in [9.17, 15) is 5.11 Å². The molecule has 0 amide bonds. The topological polar surface area (TPSA) is 33.1 Å². The summed E-state index contributed by atoms with van der Waals surface area (Å²) in [4.78, 5) is 4.39. The van der Waals surface area contributed by atoms with E-state index in [0.29, 0.717) is 0 Å². The van der Waals surface area contributed by atoms with Gasteiger partial charge in [-0.3, -0.25) is 4.98 Å². The van der Waals surface area contributed by atoms with Crippen LogP contribution in [0.2, 0.25) is 0 Å². The van der Waals surface area contributed by atoms with Gasteiger partial charge in [0.25, 0.3) is 0 Å². The van der Waals surface area contributed by atoms with Crippen molar-refractivity contribution in [3.63, 3.8) is 0 Å². The van der Waals surface area contributed by atoms with Crippen LogP contribution in [0.5, 0.6) is 0 Å². The monoisotopic (exact) mass is 269 g/mol. The summed E-state index contributed by atoms with van der Waals surface area (Å²) >= 11 is 1.65. The largest absolute Gasteiger partial charge is 0.384 e. The van der Waals surface area contributed by atoms with Gasteiger partial charge in [0.1, 0.15) is 6.10 Å². The van der Waals surface area contributed by atoms with Crippen molar-refractivity contribution >= 4 is 21.6 Å². The SMILES string of the molecule is Cc1ccc(C(O)c2cnc3ccsc3c2)c(C)c1. The minimum atomic E-state index is -0.611. The Morgan fingerprint density at radius 2 is 2.00 bits per heavy atom. The van der Waals surface area contributed by atoms with E-state index >= 15 is 0 Å². The van der Waals surface area contributed by atoms with Gasteiger partial charge in [0.05, 0.1) is 10.2 Å². The van der Waals surface area contributed by atoms with Gasteiger partial charge in [-0.05, 0) is 42.5 Å². The van der Waals surface area contributed by atoms with Crippen LogP contribution >= 0.6 is 11.3 Å². The third-order valence-corrected chi connectivity index (χ3v) is 4.21. The Morgan fingerprint density at radius 3 is 2.79 bits per heavy atom. The first kappa shape index (κ1) is 12.3. The van der Waals surface area contributed by atoms with Gasteiger partial charge < -0.3 is 5.11 Å². The van der Waals surface area contributed by atoms with Crippen LogP contribution < -0.4 is 0 Å². The van der Waals surface area contributed by atoms with Crippen molar-refractivity contribution < 1.29 is 5.11 Å². The maximum Gasteiger partial charge on any atom is 0.106 e. The summed E-state index contributed by atoms with van der Waals surface area (Å²) in [5.74, 6) is 0. The molecule has 1 aromatic carbocycles. The van der Waals surface area contributed by atoms with Crippen LogP contribution in [-0.2, 0) is 0 Å². The van der Waals surface area contributed by atoms with Crippen molar-refractivity contribution in [2.45, 2.75) is 20.0 Å². The highest BCUT2D eigenvalue weighted by Crippen LogP contribution is 2.28. The van der Waals surface area contributed by atoms with E-state index < -0.39 is 6.10 Å². The second-order valence-electron chi connectivity index (χ2n) is 4.84. The molecule has 0 aliphatic heterocycles. The average molecular weight is 269 g/mol. The normalized spacial score (nSPS) is 12.8. The van der Waals surface area contributed by atoms with Gasteiger partial charge in [-0.25, -0.2) is 0 Å². The fraction of sp³-hybridized carbons (Fsp3) is 0.188. The van der Waals surface area contributed by atoms with Crippen molar-refractivity contribution in [1.29, 1.82) is 0 Å². The van der Waals surface area contributed by atoms with Gasteiger partial charge in [0, 0.05) is 11.8 Å². The molecule has 0 saturated carbocycles. The molecule has 2 heterocycles. The van der Waals surface area contributed by atoms with Gasteiger partial charge >= 0.3 is 0 Å². The van der Waals surface area contributed by atoms with E-state index in [2.05, 4.69) is 18.0 Å². The second-order valence-corrected chi connectivity index (χ2v) is 5.78. The van der Waals surface area contributed by atoms with E-state index in [1.807, 2.05) is 36.6 Å². The molecule has 3 aromatic rings. The molecular weight excluding hydrogens is 254 g/mol. The summed E-state index contributed by atoms with van der Waals surface area (Å²) < 4.78 is 1.11. The first-order valence-electron chi connectivity index (χ1n) is 6.23. The van der Waals surface area contributed by atoms with Crippen molar-refractivity contribution in [3.8, 4) is 0 Å². The maximum atomic E-state index is 10.5. The third kappa shape index (κ3) is 2.27. The van der Waals surface area contributed by atoms with Gasteiger partial charge in [-0.1, -0.05) is 23.8 Å². The second kappa shape index (κ2) is 4.76. The smallest absolute Gasteiger partial charge is 0.106 e. The molecule has 1 atom stereocenters. The molecule has 0 aliphatic carbocycles. The van der Waals surface area contributed by atoms with Crippen molar-refractivity contribution in [1.82, 2.24) is 4.98 Å². The number of hydrogen-bond donors (Lipinski definition) is 1. The zero-order chi connectivity index (χ0) is 13.4. The molecule has 19 heavy (non-hydrogen) atoms. The number of aliphatic hydroxyl groups excluding tert-OH is 1. The van der Waals surface area contributed by atoms with Crippen LogP contribution in [0.15, 0.2) is 41.9 Å². The lowest BCUT2D eigenvalue weighted by Gasteiger charge is -2.14. The van der Waals surface area contributed by atoms with Gasteiger partial charge in [0.2, 0.25) is 0 Å². The summed E-state index contributed by atoms with van der Waals surface area (Å²) in [5.41, 5.74) is 5.10. The van der Waals surface area contributed by atoms with Crippen LogP contribution in [0.1, 0.15) is 28.4 Å². The number of thiophene rings is 1. The van der Waals surface area contributed by atoms with Crippen LogP contribution in [0.4, 0.5) is 0 Å². The molecule has 2 aromatic heterocycles. The summed E-state index contributed by atoms with van der Waals surface area (Å²) in [6, 6.07) is 10.1. The lowest BCUT2D eigenvalue weighted by molar-refractivity contribution is 0.219. The quantitative estimate of drug-likeness (QED) is 0.763. The Balaban J connectivity index is 2.04. The van der Waals surface area contributed by atoms with E-state index in [0.717, 1.165) is 26.9 Å². The number of rotatable bonds is 2. The molecule has 0 fully saturated rings. The number of aryl methyl sites for hydroxylation is 2. The third-order valence-electron chi connectivity index (χ3n) is 3.36. The molecule has 3 rings (SSSR count). The molecule has 0 bridgehead atoms. The summed E-state index contributed by atoms with van der Waals surface area (Å²) in [6.07, 6.45) is 1.15. The fourth-order valence-electron chi connectivity index (χ4n) is 2.32. The first-order chi connectivity index (χ1) is 9.15. The van der Waals surface area contributed by atoms with Crippen molar-refractivity contribution in [3.05, 3.63) is 64.2 Å². The van der Waals surface area contributed by atoms with E-state index in [-0.39, 0.29) is 0 Å². The van der Waals surface area contributed by atoms with E-state index in [1.165, 1.54) is 5.56 Å². The molecule has 0 radical (unpaired) electrons. The fourth-order valence-corrected chi connectivity index (χ4v) is 3.11. The zero-order valence-electron chi connectivity index (χ0n) is 10.9. The molecule has 0 saturated heterocycles. The van der Waals surface area contributed by atoms with Gasteiger partial charge in [0.15, 0.2) is 0 Å². The predicted molar refractivity (Wildman–Crippen MR) is 79.6 cm³/mol. The molecular formula is C16H15NOS. The highest BCUT2D eigenvalue weighted by molar-refractivity contribution is 7.17. The number of benzene rings is 1. The molecule has 3 heteroatoms. The number of aliphatic hydroxyl groups is 1. The van der Waals surface area contributed by atoms with Crippen LogP contribution in [0.25, 0.3) is 10.2 Å². The summed E-state index contributed by atoms with van der Waals surface area (Å²) in [6.45, 7) is 4.09. The minimum absolute atomic E-state index is 0.611. The number of aromatic nitrogens is 1. The predicted octanol–water partition coefficient (Wildman–Crippen LogP) is 3.99. The van der Waals surface area contributed by atoms with Crippen LogP contribution in [0, 0.1) is 13.8 Å². The molecule has 1 unspecified atom stereocenters. The lowest BCUT2D eigenvalue weighted by atomic mass is 9.97. The molecule has 2 nitrogen and oxygen atoms in total. The zero-order valence-corrected chi connectivity index (χ0v) is 11.7. The van der Waals surface area contributed by atoms with E-state index in [4.69, 9.17) is 0 Å². The minimum Gasteiger partial charge on any atom is -0.384 e. The highest BCUT2D eigenvalue weighted by atomic mass is 32.1. The van der Waals surface area contributed by atoms with Crippen molar-refractivity contribution in [2.24, 2.45) is 0 Å². The Hall–Kier alpha value is -1.71. The number of hydrogen-bond acceptors (Lipinski definition) is 3. The summed E-state index contributed by atoms with van der Waals surface area (Å²) in [7, 11) is 0. The Morgan fingerprint density at radius 1 is 1.16 bits per heavy atom. The summed E-state index contributed by atoms with van der Waals surface area (Å²) in [5, 5.41) is 12.5. The first-order valence-corrected chi connectivity index (χ1v) is 7.11. The molecule has 1 N–H and O–H groups in total. The van der Waals surface area contributed by atoms with E-state index in [1.54, 1.807) is 17.5 Å². The average Bonchev–Trinajstić information content (AvgIpc) is 2.85. The van der Waals surface area contributed by atoms with Crippen LogP contribution in [0.3, 0.4) is 0 Å². The van der Waals surface area contributed by atoms with Crippen molar-refractivity contribution in [2.75, 3.05) is 0 Å². The number of fused-ring (bicyclic) bond motifs is 1. The lowest BCUT2D eigenvalue weighted by Crippen LogP contribution is -2.02. The van der Waals surface area contributed by atoms with Gasteiger partial charge in [-0.15, -0.1) is 11.3 Å². The highest BCUT2D eigenvalue weighted by Gasteiger charge is 2.14. The molecule has 0 spiro atoms. The molecule has 0 aliphatic rings. The Bertz CT molecular complexity index is 732.